The maximum absolute atomic E-state index is 5.89. The maximum atomic E-state index is 5.89. The largest absolute Gasteiger partial charge is 0.328 e. The zero-order valence-corrected chi connectivity index (χ0v) is 10.1. The Morgan fingerprint density at radius 1 is 1.44 bits per heavy atom. The van der Waals surface area contributed by atoms with Crippen LogP contribution < -0.4 is 5.73 Å². The summed E-state index contributed by atoms with van der Waals surface area (Å²) >= 11 is 0. The van der Waals surface area contributed by atoms with Crippen molar-refractivity contribution in [3.63, 3.8) is 0 Å². The number of nitrogens with two attached hydrogens (primary N) is 1. The van der Waals surface area contributed by atoms with E-state index in [4.69, 9.17) is 5.73 Å². The molecule has 0 bridgehead atoms. The standard InChI is InChI=1S/C12H20N4/c1-9(2)16-12(14-8-15-16)7-10-3-5-11(13)6-4-10/h7-9,11H,3-6,13H2,1-2H3. The third-order valence-corrected chi connectivity index (χ3v) is 3.10. The quantitative estimate of drug-likeness (QED) is 0.830. The van der Waals surface area contributed by atoms with Crippen LogP contribution in [0, 0.1) is 0 Å². The van der Waals surface area contributed by atoms with Gasteiger partial charge in [0.05, 0.1) is 0 Å². The summed E-state index contributed by atoms with van der Waals surface area (Å²) in [5.74, 6) is 0.973. The Bertz CT molecular complexity index is 368. The third-order valence-electron chi connectivity index (χ3n) is 3.10. The molecule has 4 heteroatoms. The van der Waals surface area contributed by atoms with Crippen molar-refractivity contribution >= 4 is 6.08 Å². The van der Waals surface area contributed by atoms with Gasteiger partial charge in [-0.1, -0.05) is 5.57 Å². The fourth-order valence-electron chi connectivity index (χ4n) is 2.10. The van der Waals surface area contributed by atoms with Gasteiger partial charge in [0.25, 0.3) is 0 Å². The minimum atomic E-state index is 0.361. The van der Waals surface area contributed by atoms with Gasteiger partial charge in [0.1, 0.15) is 6.33 Å². The van der Waals surface area contributed by atoms with E-state index in [2.05, 4.69) is 30.0 Å². The average molecular weight is 220 g/mol. The monoisotopic (exact) mass is 220 g/mol. The Labute approximate surface area is 96.6 Å². The van der Waals surface area contributed by atoms with Crippen molar-refractivity contribution < 1.29 is 0 Å². The van der Waals surface area contributed by atoms with Gasteiger partial charge in [-0.3, -0.25) is 0 Å². The Balaban J connectivity index is 2.13. The SMILES string of the molecule is CC(C)n1ncnc1C=C1CCC(N)CC1. The fourth-order valence-corrected chi connectivity index (χ4v) is 2.10. The topological polar surface area (TPSA) is 56.7 Å². The van der Waals surface area contributed by atoms with Crippen LogP contribution >= 0.6 is 0 Å². The predicted octanol–water partition coefficient (Wildman–Crippen LogP) is 2.14. The molecule has 1 aliphatic carbocycles. The highest BCUT2D eigenvalue weighted by Gasteiger charge is 2.14. The minimum absolute atomic E-state index is 0.361. The fraction of sp³-hybridized carbons (Fsp3) is 0.667. The van der Waals surface area contributed by atoms with E-state index in [1.54, 1.807) is 6.33 Å². The van der Waals surface area contributed by atoms with Gasteiger partial charge in [-0.05, 0) is 45.6 Å². The lowest BCUT2D eigenvalue weighted by Gasteiger charge is -2.20. The molecule has 0 radical (unpaired) electrons. The molecule has 88 valence electrons. The Hall–Kier alpha value is -1.16. The number of allylic oxidation sites excluding steroid dienone is 1. The molecule has 16 heavy (non-hydrogen) atoms. The molecule has 0 aliphatic heterocycles. The van der Waals surface area contributed by atoms with Gasteiger partial charge in [-0.15, -0.1) is 0 Å². The van der Waals surface area contributed by atoms with E-state index >= 15 is 0 Å². The average Bonchev–Trinajstić information content (AvgIpc) is 2.69. The highest BCUT2D eigenvalue weighted by molar-refractivity contribution is 5.45. The smallest absolute Gasteiger partial charge is 0.150 e. The molecular weight excluding hydrogens is 200 g/mol. The lowest BCUT2D eigenvalue weighted by molar-refractivity contribution is 0.510. The minimum Gasteiger partial charge on any atom is -0.328 e. The molecule has 4 nitrogen and oxygen atoms in total. The summed E-state index contributed by atoms with van der Waals surface area (Å²) in [7, 11) is 0. The van der Waals surface area contributed by atoms with E-state index in [-0.39, 0.29) is 0 Å². The molecule has 1 fully saturated rings. The van der Waals surface area contributed by atoms with Crippen LogP contribution in [-0.2, 0) is 0 Å². The van der Waals surface area contributed by atoms with Crippen LogP contribution in [0.4, 0.5) is 0 Å². The number of rotatable bonds is 2. The first kappa shape index (κ1) is 11.3. The van der Waals surface area contributed by atoms with Gasteiger partial charge in [-0.2, -0.15) is 5.10 Å². The Kier molecular flexibility index (Phi) is 3.39. The number of hydrogen-bond acceptors (Lipinski definition) is 3. The van der Waals surface area contributed by atoms with E-state index < -0.39 is 0 Å². The van der Waals surface area contributed by atoms with Gasteiger partial charge < -0.3 is 5.73 Å². The zero-order chi connectivity index (χ0) is 11.5. The maximum Gasteiger partial charge on any atom is 0.150 e. The second-order valence-corrected chi connectivity index (χ2v) is 4.80. The molecule has 0 atom stereocenters. The van der Waals surface area contributed by atoms with E-state index in [1.807, 2.05) is 4.68 Å². The summed E-state index contributed by atoms with van der Waals surface area (Å²) in [6.45, 7) is 4.24. The molecule has 0 saturated heterocycles. The van der Waals surface area contributed by atoms with E-state index in [0.29, 0.717) is 12.1 Å². The second-order valence-electron chi connectivity index (χ2n) is 4.80. The molecule has 1 saturated carbocycles. The molecule has 0 unspecified atom stereocenters. The Morgan fingerprint density at radius 2 is 2.12 bits per heavy atom. The highest BCUT2D eigenvalue weighted by Crippen LogP contribution is 2.24. The zero-order valence-electron chi connectivity index (χ0n) is 10.1. The first-order valence-corrected chi connectivity index (χ1v) is 6.01. The van der Waals surface area contributed by atoms with Crippen LogP contribution in [0.5, 0.6) is 0 Å². The van der Waals surface area contributed by atoms with Crippen LogP contribution in [0.3, 0.4) is 0 Å². The summed E-state index contributed by atoms with van der Waals surface area (Å²) in [4.78, 5) is 4.29. The van der Waals surface area contributed by atoms with Gasteiger partial charge >= 0.3 is 0 Å². The summed E-state index contributed by atoms with van der Waals surface area (Å²) < 4.78 is 1.96. The van der Waals surface area contributed by atoms with Gasteiger partial charge in [0.15, 0.2) is 5.82 Å². The number of nitrogens with zero attached hydrogens (tertiary/aromatic N) is 3. The van der Waals surface area contributed by atoms with Gasteiger partial charge in [0, 0.05) is 12.1 Å². The molecule has 1 heterocycles. The molecule has 0 spiro atoms. The van der Waals surface area contributed by atoms with E-state index in [1.165, 1.54) is 5.57 Å². The first-order valence-electron chi connectivity index (χ1n) is 6.01. The van der Waals surface area contributed by atoms with Crippen LogP contribution in [0.15, 0.2) is 11.9 Å². The van der Waals surface area contributed by atoms with E-state index in [0.717, 1.165) is 31.5 Å². The van der Waals surface area contributed by atoms with Gasteiger partial charge in [0.2, 0.25) is 0 Å². The summed E-state index contributed by atoms with van der Waals surface area (Å²) in [5.41, 5.74) is 7.34. The summed E-state index contributed by atoms with van der Waals surface area (Å²) in [6, 6.07) is 0.750. The Morgan fingerprint density at radius 3 is 2.75 bits per heavy atom. The van der Waals surface area contributed by atoms with Crippen LogP contribution in [0.2, 0.25) is 0 Å². The lowest BCUT2D eigenvalue weighted by atomic mass is 9.91. The van der Waals surface area contributed by atoms with Crippen LogP contribution in [-0.4, -0.2) is 20.8 Å². The van der Waals surface area contributed by atoms with Crippen molar-refractivity contribution in [2.24, 2.45) is 5.73 Å². The molecule has 1 aromatic rings. The first-order chi connectivity index (χ1) is 7.66. The molecule has 1 aromatic heterocycles. The van der Waals surface area contributed by atoms with Gasteiger partial charge in [-0.25, -0.2) is 9.67 Å². The van der Waals surface area contributed by atoms with E-state index in [9.17, 15) is 0 Å². The van der Waals surface area contributed by atoms with Crippen molar-refractivity contribution in [2.45, 2.75) is 51.6 Å². The summed E-state index contributed by atoms with van der Waals surface area (Å²) in [6.07, 6.45) is 8.21. The molecular formula is C12H20N4. The molecule has 2 N–H and O–H groups in total. The van der Waals surface area contributed by atoms with Crippen molar-refractivity contribution in [1.29, 1.82) is 0 Å². The molecule has 0 amide bonds. The molecule has 2 rings (SSSR count). The van der Waals surface area contributed by atoms with Crippen LogP contribution in [0.25, 0.3) is 6.08 Å². The lowest BCUT2D eigenvalue weighted by Crippen LogP contribution is -2.23. The number of hydrogen-bond donors (Lipinski definition) is 1. The van der Waals surface area contributed by atoms with Crippen LogP contribution in [0.1, 0.15) is 51.4 Å². The second kappa shape index (κ2) is 4.78. The number of aromatic nitrogens is 3. The van der Waals surface area contributed by atoms with Crippen molar-refractivity contribution in [1.82, 2.24) is 14.8 Å². The third kappa shape index (κ3) is 2.50. The van der Waals surface area contributed by atoms with Crippen molar-refractivity contribution in [3.05, 3.63) is 17.7 Å². The van der Waals surface area contributed by atoms with Crippen molar-refractivity contribution in [3.8, 4) is 0 Å². The molecule has 1 aliphatic rings. The summed E-state index contributed by atoms with van der Waals surface area (Å²) in [5, 5.41) is 4.23. The predicted molar refractivity (Wildman–Crippen MR) is 64.8 cm³/mol. The molecule has 0 aromatic carbocycles. The highest BCUT2D eigenvalue weighted by atomic mass is 15.3. The van der Waals surface area contributed by atoms with Crippen molar-refractivity contribution in [2.75, 3.05) is 0 Å². The normalized spacial score (nSPS) is 21.5.